The summed E-state index contributed by atoms with van der Waals surface area (Å²) in [6.07, 6.45) is 2.45. The molecule has 1 atom stereocenters. The Labute approximate surface area is 136 Å². The van der Waals surface area contributed by atoms with Gasteiger partial charge in [0.25, 0.3) is 0 Å². The standard InChI is InChI=1S/C17H36N2O3/c1-14(2)12-18-13-15(16(20)21)8-6-10-22-11-7-9-19-17(3,4)5/h14-15,18-19H,6-13H2,1-5H3,(H,20,21). The van der Waals surface area contributed by atoms with E-state index in [2.05, 4.69) is 45.3 Å². The van der Waals surface area contributed by atoms with E-state index in [0.717, 1.165) is 32.5 Å². The van der Waals surface area contributed by atoms with E-state index in [4.69, 9.17) is 4.74 Å². The molecule has 0 spiro atoms. The van der Waals surface area contributed by atoms with Gasteiger partial charge in [0.2, 0.25) is 0 Å². The molecule has 0 radical (unpaired) electrons. The maximum absolute atomic E-state index is 11.2. The minimum absolute atomic E-state index is 0.150. The summed E-state index contributed by atoms with van der Waals surface area (Å²) in [6.45, 7) is 14.4. The molecule has 5 heteroatoms. The molecular formula is C17H36N2O3. The van der Waals surface area contributed by atoms with Crippen LogP contribution in [0.3, 0.4) is 0 Å². The fourth-order valence-corrected chi connectivity index (χ4v) is 2.03. The van der Waals surface area contributed by atoms with Crippen LogP contribution in [0.15, 0.2) is 0 Å². The summed E-state index contributed by atoms with van der Waals surface area (Å²) in [5.41, 5.74) is 0.150. The Morgan fingerprint density at radius 2 is 1.77 bits per heavy atom. The van der Waals surface area contributed by atoms with Crippen LogP contribution in [0.1, 0.15) is 53.9 Å². The number of hydrogen-bond acceptors (Lipinski definition) is 4. The van der Waals surface area contributed by atoms with E-state index >= 15 is 0 Å². The van der Waals surface area contributed by atoms with Crippen molar-refractivity contribution in [3.05, 3.63) is 0 Å². The highest BCUT2D eigenvalue weighted by Gasteiger charge is 2.16. The van der Waals surface area contributed by atoms with Crippen LogP contribution in [0, 0.1) is 11.8 Å². The monoisotopic (exact) mass is 316 g/mol. The number of ether oxygens (including phenoxy) is 1. The summed E-state index contributed by atoms with van der Waals surface area (Å²) >= 11 is 0. The third-order valence-electron chi connectivity index (χ3n) is 3.25. The van der Waals surface area contributed by atoms with E-state index in [1.807, 2.05) is 0 Å². The van der Waals surface area contributed by atoms with Crippen LogP contribution < -0.4 is 10.6 Å². The summed E-state index contributed by atoms with van der Waals surface area (Å²) in [6, 6.07) is 0. The highest BCUT2D eigenvalue weighted by atomic mass is 16.5. The van der Waals surface area contributed by atoms with Gasteiger partial charge in [0.15, 0.2) is 0 Å². The zero-order valence-electron chi connectivity index (χ0n) is 15.1. The first-order chi connectivity index (χ1) is 10.2. The second-order valence-corrected chi connectivity index (χ2v) is 7.37. The van der Waals surface area contributed by atoms with Crippen molar-refractivity contribution < 1.29 is 14.6 Å². The Balaban J connectivity index is 3.58. The zero-order valence-corrected chi connectivity index (χ0v) is 15.1. The number of rotatable bonds is 13. The second-order valence-electron chi connectivity index (χ2n) is 7.37. The average molecular weight is 316 g/mol. The van der Waals surface area contributed by atoms with Crippen LogP contribution in [-0.2, 0) is 9.53 Å². The smallest absolute Gasteiger partial charge is 0.307 e. The van der Waals surface area contributed by atoms with Gasteiger partial charge in [-0.05, 0) is 59.0 Å². The summed E-state index contributed by atoms with van der Waals surface area (Å²) in [7, 11) is 0. The van der Waals surface area contributed by atoms with Gasteiger partial charge >= 0.3 is 5.97 Å². The molecule has 0 aliphatic carbocycles. The molecule has 0 aromatic rings. The van der Waals surface area contributed by atoms with Crippen molar-refractivity contribution in [2.24, 2.45) is 11.8 Å². The van der Waals surface area contributed by atoms with E-state index in [1.54, 1.807) is 0 Å². The predicted octanol–water partition coefficient (Wildman–Crippen LogP) is 2.51. The molecule has 1 unspecified atom stereocenters. The number of aliphatic carboxylic acids is 1. The Bertz CT molecular complexity index is 288. The molecule has 0 aromatic carbocycles. The molecule has 0 saturated carbocycles. The van der Waals surface area contributed by atoms with Gasteiger partial charge in [-0.2, -0.15) is 0 Å². The SMILES string of the molecule is CC(C)CNCC(CCCOCCCNC(C)(C)C)C(=O)O. The minimum atomic E-state index is -0.717. The molecule has 132 valence electrons. The number of carboxylic acid groups (broad SMARTS) is 1. The summed E-state index contributed by atoms with van der Waals surface area (Å²) in [5, 5.41) is 15.8. The molecule has 22 heavy (non-hydrogen) atoms. The highest BCUT2D eigenvalue weighted by molar-refractivity contribution is 5.70. The second kappa shape index (κ2) is 11.9. The Kier molecular flexibility index (Phi) is 11.5. The summed E-state index contributed by atoms with van der Waals surface area (Å²) < 4.78 is 5.57. The van der Waals surface area contributed by atoms with Crippen molar-refractivity contribution in [1.29, 1.82) is 0 Å². The topological polar surface area (TPSA) is 70.6 Å². The fourth-order valence-electron chi connectivity index (χ4n) is 2.03. The van der Waals surface area contributed by atoms with Crippen LogP contribution in [0.4, 0.5) is 0 Å². The van der Waals surface area contributed by atoms with Gasteiger partial charge in [0.1, 0.15) is 0 Å². The lowest BCUT2D eigenvalue weighted by Crippen LogP contribution is -2.36. The van der Waals surface area contributed by atoms with E-state index < -0.39 is 5.97 Å². The van der Waals surface area contributed by atoms with Crippen molar-refractivity contribution in [1.82, 2.24) is 10.6 Å². The van der Waals surface area contributed by atoms with E-state index in [9.17, 15) is 9.90 Å². The van der Waals surface area contributed by atoms with Crippen molar-refractivity contribution in [2.75, 3.05) is 32.8 Å². The maximum atomic E-state index is 11.2. The molecular weight excluding hydrogens is 280 g/mol. The van der Waals surface area contributed by atoms with E-state index in [-0.39, 0.29) is 11.5 Å². The van der Waals surface area contributed by atoms with Crippen molar-refractivity contribution >= 4 is 5.97 Å². The largest absolute Gasteiger partial charge is 0.481 e. The summed E-state index contributed by atoms with van der Waals surface area (Å²) in [5.74, 6) is -0.491. The third kappa shape index (κ3) is 14.3. The van der Waals surface area contributed by atoms with Gasteiger partial charge < -0.3 is 20.5 Å². The van der Waals surface area contributed by atoms with Gasteiger partial charge in [-0.25, -0.2) is 0 Å². The van der Waals surface area contributed by atoms with Gasteiger partial charge in [-0.1, -0.05) is 13.8 Å². The minimum Gasteiger partial charge on any atom is -0.481 e. The maximum Gasteiger partial charge on any atom is 0.307 e. The van der Waals surface area contributed by atoms with E-state index in [0.29, 0.717) is 25.5 Å². The molecule has 0 aliphatic heterocycles. The Hall–Kier alpha value is -0.650. The van der Waals surface area contributed by atoms with Crippen molar-refractivity contribution in [3.8, 4) is 0 Å². The molecule has 0 aliphatic rings. The lowest BCUT2D eigenvalue weighted by Gasteiger charge is -2.20. The first-order valence-electron chi connectivity index (χ1n) is 8.48. The fraction of sp³-hybridized carbons (Fsp3) is 0.941. The van der Waals surface area contributed by atoms with Crippen LogP contribution >= 0.6 is 0 Å². The Morgan fingerprint density at radius 3 is 2.32 bits per heavy atom. The molecule has 0 rings (SSSR count). The number of carbonyl (C=O) groups is 1. The highest BCUT2D eigenvalue weighted by Crippen LogP contribution is 2.07. The lowest BCUT2D eigenvalue weighted by molar-refractivity contribution is -0.141. The summed E-state index contributed by atoms with van der Waals surface area (Å²) in [4.78, 5) is 11.2. The third-order valence-corrected chi connectivity index (χ3v) is 3.25. The molecule has 0 amide bonds. The normalized spacial score (nSPS) is 13.5. The number of carboxylic acids is 1. The van der Waals surface area contributed by atoms with Crippen LogP contribution in [-0.4, -0.2) is 49.5 Å². The zero-order chi connectivity index (χ0) is 17.0. The van der Waals surface area contributed by atoms with Gasteiger partial charge in [0.05, 0.1) is 5.92 Å². The lowest BCUT2D eigenvalue weighted by atomic mass is 10.0. The van der Waals surface area contributed by atoms with Gasteiger partial charge in [-0.15, -0.1) is 0 Å². The van der Waals surface area contributed by atoms with E-state index in [1.165, 1.54) is 0 Å². The molecule has 5 nitrogen and oxygen atoms in total. The van der Waals surface area contributed by atoms with Gasteiger partial charge in [-0.3, -0.25) is 4.79 Å². The average Bonchev–Trinajstić information content (AvgIpc) is 2.37. The number of hydrogen-bond donors (Lipinski definition) is 3. The quantitative estimate of drug-likeness (QED) is 0.455. The predicted molar refractivity (Wildman–Crippen MR) is 91.3 cm³/mol. The van der Waals surface area contributed by atoms with Crippen LogP contribution in [0.5, 0.6) is 0 Å². The molecule has 3 N–H and O–H groups in total. The van der Waals surface area contributed by atoms with Crippen molar-refractivity contribution in [2.45, 2.75) is 59.4 Å². The molecule has 0 aromatic heterocycles. The van der Waals surface area contributed by atoms with Gasteiger partial charge in [0, 0.05) is 25.3 Å². The molecule has 0 bridgehead atoms. The van der Waals surface area contributed by atoms with Crippen molar-refractivity contribution in [3.63, 3.8) is 0 Å². The first kappa shape index (κ1) is 21.4. The van der Waals surface area contributed by atoms with Crippen LogP contribution in [0.25, 0.3) is 0 Å². The molecule has 0 fully saturated rings. The van der Waals surface area contributed by atoms with Crippen LogP contribution in [0.2, 0.25) is 0 Å². The number of nitrogens with one attached hydrogen (secondary N) is 2. The Morgan fingerprint density at radius 1 is 1.14 bits per heavy atom. The molecule has 0 saturated heterocycles. The molecule has 0 heterocycles. The first-order valence-corrected chi connectivity index (χ1v) is 8.48.